The van der Waals surface area contributed by atoms with E-state index in [0.717, 1.165) is 0 Å². The number of pyridine rings is 1. The number of aryl methyl sites for hydroxylation is 2. The lowest BCUT2D eigenvalue weighted by molar-refractivity contribution is 0.486. The van der Waals surface area contributed by atoms with Crippen LogP contribution in [0.5, 0.6) is 0 Å². The number of halogens is 1. The van der Waals surface area contributed by atoms with Crippen molar-refractivity contribution in [3.05, 3.63) is 34.4 Å². The van der Waals surface area contributed by atoms with Crippen molar-refractivity contribution in [2.45, 2.75) is 38.1 Å². The van der Waals surface area contributed by atoms with Gasteiger partial charge in [-0.05, 0) is 39.3 Å². The molecule has 0 radical (unpaired) electrons. The molecule has 1 N–H and O–H groups in total. The molecule has 11 heteroatoms. The van der Waals surface area contributed by atoms with Crippen molar-refractivity contribution in [2.75, 3.05) is 16.2 Å². The Balaban J connectivity index is 1.95. The number of sulfone groups is 1. The van der Waals surface area contributed by atoms with Gasteiger partial charge in [0.05, 0.1) is 34.6 Å². The van der Waals surface area contributed by atoms with Crippen molar-refractivity contribution in [1.82, 2.24) is 14.8 Å². The fourth-order valence-corrected chi connectivity index (χ4v) is 6.42. The minimum atomic E-state index is -3.95. The Morgan fingerprint density at radius 2 is 1.96 bits per heavy atom. The standard InChI is InChI=1S/C15H19ClN4O4S2/c1-9-4-5-13(15(16)17-9)26(23,24)19-14-10(2)18-20(11(14)3)12-6-7-25(21,22)8-12/h4-5,12,19H,6-8H2,1-3H3. The largest absolute Gasteiger partial charge is 0.276 e. The maximum Gasteiger partial charge on any atom is 0.265 e. The molecular formula is C15H19ClN4O4S2. The van der Waals surface area contributed by atoms with Crippen LogP contribution in [-0.2, 0) is 19.9 Å². The number of anilines is 1. The highest BCUT2D eigenvalue weighted by Gasteiger charge is 2.32. The molecule has 2 aromatic rings. The van der Waals surface area contributed by atoms with Crippen LogP contribution in [0.3, 0.4) is 0 Å². The molecule has 142 valence electrons. The van der Waals surface area contributed by atoms with Crippen molar-refractivity contribution in [3.8, 4) is 0 Å². The molecule has 26 heavy (non-hydrogen) atoms. The molecule has 1 aliphatic rings. The number of sulfonamides is 1. The minimum absolute atomic E-state index is 0.00879. The van der Waals surface area contributed by atoms with Gasteiger partial charge in [0.2, 0.25) is 0 Å². The molecule has 0 aliphatic carbocycles. The Morgan fingerprint density at radius 1 is 1.27 bits per heavy atom. The molecule has 1 atom stereocenters. The molecule has 2 aromatic heterocycles. The van der Waals surface area contributed by atoms with E-state index in [4.69, 9.17) is 11.6 Å². The number of rotatable bonds is 4. The topological polar surface area (TPSA) is 111 Å². The second-order valence-electron chi connectivity index (χ2n) is 6.39. The summed E-state index contributed by atoms with van der Waals surface area (Å²) in [6.07, 6.45) is 0.462. The Kier molecular flexibility index (Phi) is 4.78. The van der Waals surface area contributed by atoms with Gasteiger partial charge in [-0.2, -0.15) is 5.10 Å². The number of aromatic nitrogens is 3. The average molecular weight is 419 g/mol. The molecule has 3 rings (SSSR count). The van der Waals surface area contributed by atoms with Gasteiger partial charge in [0, 0.05) is 5.69 Å². The zero-order valence-electron chi connectivity index (χ0n) is 14.5. The molecule has 0 aromatic carbocycles. The van der Waals surface area contributed by atoms with Crippen LogP contribution in [0.2, 0.25) is 5.15 Å². The third-order valence-corrected chi connectivity index (χ3v) is 7.89. The lowest BCUT2D eigenvalue weighted by Crippen LogP contribution is -2.16. The van der Waals surface area contributed by atoms with Gasteiger partial charge in [0.1, 0.15) is 10.0 Å². The SMILES string of the molecule is Cc1ccc(S(=O)(=O)Nc2c(C)nn(C3CCS(=O)(=O)C3)c2C)c(Cl)n1. The lowest BCUT2D eigenvalue weighted by Gasteiger charge is -2.13. The third kappa shape index (κ3) is 3.58. The van der Waals surface area contributed by atoms with E-state index in [-0.39, 0.29) is 27.6 Å². The average Bonchev–Trinajstić information content (AvgIpc) is 3.00. The Labute approximate surface area is 157 Å². The van der Waals surface area contributed by atoms with Gasteiger partial charge in [-0.25, -0.2) is 21.8 Å². The van der Waals surface area contributed by atoms with Gasteiger partial charge >= 0.3 is 0 Å². The van der Waals surface area contributed by atoms with Crippen molar-refractivity contribution in [1.29, 1.82) is 0 Å². The van der Waals surface area contributed by atoms with Crippen molar-refractivity contribution >= 4 is 37.1 Å². The van der Waals surface area contributed by atoms with Gasteiger partial charge in [-0.3, -0.25) is 9.40 Å². The van der Waals surface area contributed by atoms with Crippen molar-refractivity contribution in [3.63, 3.8) is 0 Å². The monoisotopic (exact) mass is 418 g/mol. The zero-order chi connectivity index (χ0) is 19.3. The quantitative estimate of drug-likeness (QED) is 0.760. The van der Waals surface area contributed by atoms with Crippen LogP contribution < -0.4 is 4.72 Å². The highest BCUT2D eigenvalue weighted by Crippen LogP contribution is 2.31. The molecule has 3 heterocycles. The van der Waals surface area contributed by atoms with Crippen LogP contribution >= 0.6 is 11.6 Å². The molecule has 1 unspecified atom stereocenters. The molecule has 1 fully saturated rings. The van der Waals surface area contributed by atoms with Crippen LogP contribution in [0, 0.1) is 20.8 Å². The fraction of sp³-hybridized carbons (Fsp3) is 0.467. The first kappa shape index (κ1) is 19.1. The molecule has 0 saturated carbocycles. The molecular weight excluding hydrogens is 400 g/mol. The summed E-state index contributed by atoms with van der Waals surface area (Å²) in [7, 11) is -7.03. The highest BCUT2D eigenvalue weighted by atomic mass is 35.5. The number of hydrogen-bond acceptors (Lipinski definition) is 6. The molecule has 0 amide bonds. The summed E-state index contributed by atoms with van der Waals surface area (Å²) >= 11 is 5.98. The van der Waals surface area contributed by atoms with Gasteiger partial charge in [-0.1, -0.05) is 11.6 Å². The predicted molar refractivity (Wildman–Crippen MR) is 98.8 cm³/mol. The lowest BCUT2D eigenvalue weighted by atomic mass is 10.2. The summed E-state index contributed by atoms with van der Waals surface area (Å²) in [5.41, 5.74) is 1.96. The van der Waals surface area contributed by atoms with Crippen LogP contribution in [0.15, 0.2) is 17.0 Å². The van der Waals surface area contributed by atoms with Gasteiger partial charge in [0.25, 0.3) is 10.0 Å². The predicted octanol–water partition coefficient (Wildman–Crippen LogP) is 2.02. The Morgan fingerprint density at radius 3 is 2.54 bits per heavy atom. The molecule has 1 saturated heterocycles. The Bertz CT molecular complexity index is 1080. The summed E-state index contributed by atoms with van der Waals surface area (Å²) in [6.45, 7) is 5.08. The van der Waals surface area contributed by atoms with E-state index >= 15 is 0 Å². The molecule has 1 aliphatic heterocycles. The number of nitrogens with one attached hydrogen (secondary N) is 1. The second kappa shape index (κ2) is 6.50. The van der Waals surface area contributed by atoms with E-state index in [1.807, 2.05) is 0 Å². The van der Waals surface area contributed by atoms with E-state index in [0.29, 0.717) is 29.2 Å². The first-order chi connectivity index (χ1) is 12.0. The summed E-state index contributed by atoms with van der Waals surface area (Å²) in [5.74, 6) is 0.122. The first-order valence-electron chi connectivity index (χ1n) is 7.92. The van der Waals surface area contributed by atoms with Crippen molar-refractivity contribution in [2.24, 2.45) is 0 Å². The Hall–Kier alpha value is -1.65. The smallest absolute Gasteiger partial charge is 0.265 e. The second-order valence-corrected chi connectivity index (χ2v) is 10.6. The van der Waals surface area contributed by atoms with Gasteiger partial charge in [0.15, 0.2) is 9.84 Å². The normalized spacial score (nSPS) is 19.6. The van der Waals surface area contributed by atoms with Crippen molar-refractivity contribution < 1.29 is 16.8 Å². The third-order valence-electron chi connectivity index (χ3n) is 4.36. The molecule has 8 nitrogen and oxygen atoms in total. The summed E-state index contributed by atoms with van der Waals surface area (Å²) in [5, 5.41) is 4.24. The number of hydrogen-bond donors (Lipinski definition) is 1. The summed E-state index contributed by atoms with van der Waals surface area (Å²) in [4.78, 5) is 3.84. The van der Waals surface area contributed by atoms with E-state index in [1.165, 1.54) is 6.07 Å². The van der Waals surface area contributed by atoms with E-state index in [9.17, 15) is 16.8 Å². The summed E-state index contributed by atoms with van der Waals surface area (Å²) in [6, 6.07) is 2.67. The minimum Gasteiger partial charge on any atom is -0.276 e. The molecule has 0 spiro atoms. The first-order valence-corrected chi connectivity index (χ1v) is 11.6. The van der Waals surface area contributed by atoms with E-state index < -0.39 is 19.9 Å². The van der Waals surface area contributed by atoms with Crippen LogP contribution in [-0.4, -0.2) is 43.1 Å². The zero-order valence-corrected chi connectivity index (χ0v) is 16.9. The van der Waals surface area contributed by atoms with Gasteiger partial charge < -0.3 is 0 Å². The molecule has 0 bridgehead atoms. The van der Waals surface area contributed by atoms with E-state index in [2.05, 4.69) is 14.8 Å². The van der Waals surface area contributed by atoms with Gasteiger partial charge in [-0.15, -0.1) is 0 Å². The summed E-state index contributed by atoms with van der Waals surface area (Å²) < 4.78 is 53.0. The fourth-order valence-electron chi connectivity index (χ4n) is 3.04. The maximum absolute atomic E-state index is 12.7. The van der Waals surface area contributed by atoms with Crippen LogP contribution in [0.25, 0.3) is 0 Å². The maximum atomic E-state index is 12.7. The highest BCUT2D eigenvalue weighted by molar-refractivity contribution is 7.93. The van der Waals surface area contributed by atoms with Crippen LogP contribution in [0.4, 0.5) is 5.69 Å². The van der Waals surface area contributed by atoms with Crippen LogP contribution in [0.1, 0.15) is 29.5 Å². The number of nitrogens with zero attached hydrogens (tertiary/aromatic N) is 3. The van der Waals surface area contributed by atoms with E-state index in [1.54, 1.807) is 31.5 Å².